The zero-order valence-corrected chi connectivity index (χ0v) is 11.8. The molecular formula is C13H11ClN2O3S. The first-order valence-corrected chi connectivity index (χ1v) is 6.98. The van der Waals surface area contributed by atoms with Crippen LogP contribution in [0, 0.1) is 0 Å². The predicted molar refractivity (Wildman–Crippen MR) is 77.8 cm³/mol. The number of anilines is 1. The van der Waals surface area contributed by atoms with E-state index in [1.54, 1.807) is 24.3 Å². The molecule has 1 aromatic carbocycles. The molecular weight excluding hydrogens is 300 g/mol. The highest BCUT2D eigenvalue weighted by atomic mass is 35.5. The van der Waals surface area contributed by atoms with E-state index in [-0.39, 0.29) is 11.5 Å². The Morgan fingerprint density at radius 2 is 2.15 bits per heavy atom. The SMILES string of the molecule is Nc1ccc(SCC(=O)NC(=O)c2ccco2)c(Cl)c1. The number of carbonyl (C=O) groups excluding carboxylic acids is 2. The van der Waals surface area contributed by atoms with Gasteiger partial charge in [-0.25, -0.2) is 0 Å². The molecule has 0 spiro atoms. The predicted octanol–water partition coefficient (Wildman–Crippen LogP) is 2.56. The van der Waals surface area contributed by atoms with Crippen molar-refractivity contribution in [3.8, 4) is 0 Å². The summed E-state index contributed by atoms with van der Waals surface area (Å²) in [5.41, 5.74) is 6.13. The summed E-state index contributed by atoms with van der Waals surface area (Å²) in [6, 6.07) is 8.08. The fraction of sp³-hybridized carbons (Fsp3) is 0.0769. The molecule has 5 nitrogen and oxygen atoms in total. The molecule has 0 radical (unpaired) electrons. The fourth-order valence-corrected chi connectivity index (χ4v) is 2.48. The minimum atomic E-state index is -0.566. The lowest BCUT2D eigenvalue weighted by atomic mass is 10.3. The Morgan fingerprint density at radius 3 is 2.80 bits per heavy atom. The quantitative estimate of drug-likeness (QED) is 0.669. The lowest BCUT2D eigenvalue weighted by Gasteiger charge is -2.05. The number of thioether (sulfide) groups is 1. The maximum absolute atomic E-state index is 11.6. The average Bonchev–Trinajstić information content (AvgIpc) is 2.91. The van der Waals surface area contributed by atoms with Crippen LogP contribution in [-0.2, 0) is 4.79 Å². The van der Waals surface area contributed by atoms with Crippen molar-refractivity contribution >= 4 is 40.9 Å². The molecule has 0 aliphatic carbocycles. The van der Waals surface area contributed by atoms with Crippen LogP contribution in [0.2, 0.25) is 5.02 Å². The molecule has 0 unspecified atom stereocenters. The standard InChI is InChI=1S/C13H11ClN2O3S/c14-9-6-8(15)3-4-11(9)20-7-12(17)16-13(18)10-2-1-5-19-10/h1-6H,7,15H2,(H,16,17,18). The molecule has 0 bridgehead atoms. The molecule has 104 valence electrons. The highest BCUT2D eigenvalue weighted by molar-refractivity contribution is 8.00. The molecule has 0 fully saturated rings. The largest absolute Gasteiger partial charge is 0.459 e. The first-order valence-electron chi connectivity index (χ1n) is 5.62. The number of benzene rings is 1. The Balaban J connectivity index is 1.88. The number of nitrogens with two attached hydrogens (primary N) is 1. The highest BCUT2D eigenvalue weighted by Gasteiger charge is 2.13. The van der Waals surface area contributed by atoms with Crippen LogP contribution in [0.1, 0.15) is 10.6 Å². The van der Waals surface area contributed by atoms with Gasteiger partial charge in [-0.1, -0.05) is 11.6 Å². The van der Waals surface area contributed by atoms with Crippen LogP contribution in [0.3, 0.4) is 0 Å². The van der Waals surface area contributed by atoms with Gasteiger partial charge in [-0.15, -0.1) is 11.8 Å². The smallest absolute Gasteiger partial charge is 0.293 e. The molecule has 3 N–H and O–H groups in total. The molecule has 20 heavy (non-hydrogen) atoms. The minimum absolute atomic E-state index is 0.0656. The van der Waals surface area contributed by atoms with Gasteiger partial charge in [0.2, 0.25) is 5.91 Å². The summed E-state index contributed by atoms with van der Waals surface area (Å²) in [7, 11) is 0. The van der Waals surface area contributed by atoms with Crippen LogP contribution in [0.25, 0.3) is 0 Å². The van der Waals surface area contributed by atoms with Gasteiger partial charge in [0, 0.05) is 10.6 Å². The molecule has 0 saturated heterocycles. The number of nitrogens with one attached hydrogen (secondary N) is 1. The number of nitrogen functional groups attached to an aromatic ring is 1. The third-order valence-electron chi connectivity index (χ3n) is 2.31. The zero-order valence-electron chi connectivity index (χ0n) is 10.3. The number of halogens is 1. The van der Waals surface area contributed by atoms with Gasteiger partial charge in [0.05, 0.1) is 17.0 Å². The second kappa shape index (κ2) is 6.49. The van der Waals surface area contributed by atoms with Crippen molar-refractivity contribution in [1.82, 2.24) is 5.32 Å². The van der Waals surface area contributed by atoms with Crippen molar-refractivity contribution < 1.29 is 14.0 Å². The Labute approximate surface area is 124 Å². The summed E-state index contributed by atoms with van der Waals surface area (Å²) in [6.45, 7) is 0. The van der Waals surface area contributed by atoms with Gasteiger partial charge in [0.15, 0.2) is 5.76 Å². The number of imide groups is 1. The third kappa shape index (κ3) is 3.79. The molecule has 0 saturated carbocycles. The summed E-state index contributed by atoms with van der Waals surface area (Å²) in [5.74, 6) is -0.835. The Hall–Kier alpha value is -1.92. The van der Waals surface area contributed by atoms with Crippen molar-refractivity contribution in [2.24, 2.45) is 0 Å². The Morgan fingerprint density at radius 1 is 1.35 bits per heavy atom. The molecule has 2 aromatic rings. The van der Waals surface area contributed by atoms with E-state index in [0.717, 1.165) is 4.90 Å². The number of hydrogen-bond acceptors (Lipinski definition) is 5. The summed E-state index contributed by atoms with van der Waals surface area (Å²) in [5, 5.41) is 2.70. The third-order valence-corrected chi connectivity index (χ3v) is 3.81. The number of amides is 2. The van der Waals surface area contributed by atoms with E-state index >= 15 is 0 Å². The van der Waals surface area contributed by atoms with Gasteiger partial charge in [0.25, 0.3) is 5.91 Å². The van der Waals surface area contributed by atoms with Crippen LogP contribution < -0.4 is 11.1 Å². The van der Waals surface area contributed by atoms with Crippen LogP contribution in [0.5, 0.6) is 0 Å². The average molecular weight is 311 g/mol. The van der Waals surface area contributed by atoms with Crippen molar-refractivity contribution in [3.63, 3.8) is 0 Å². The Bertz CT molecular complexity index is 629. The fourth-order valence-electron chi connectivity index (χ4n) is 1.41. The van der Waals surface area contributed by atoms with Gasteiger partial charge in [-0.05, 0) is 30.3 Å². The Kier molecular flexibility index (Phi) is 4.70. The monoisotopic (exact) mass is 310 g/mol. The first kappa shape index (κ1) is 14.5. The minimum Gasteiger partial charge on any atom is -0.459 e. The number of hydrogen-bond donors (Lipinski definition) is 2. The van der Waals surface area contributed by atoms with Gasteiger partial charge >= 0.3 is 0 Å². The van der Waals surface area contributed by atoms with Crippen molar-refractivity contribution in [3.05, 3.63) is 47.4 Å². The summed E-state index contributed by atoms with van der Waals surface area (Å²) < 4.78 is 4.89. The van der Waals surface area contributed by atoms with Crippen molar-refractivity contribution in [2.75, 3.05) is 11.5 Å². The van der Waals surface area contributed by atoms with E-state index in [0.29, 0.717) is 10.7 Å². The molecule has 1 heterocycles. The van der Waals surface area contributed by atoms with E-state index in [4.69, 9.17) is 21.8 Å². The van der Waals surface area contributed by atoms with E-state index in [1.807, 2.05) is 0 Å². The van der Waals surface area contributed by atoms with Gasteiger partial charge in [-0.3, -0.25) is 14.9 Å². The number of furan rings is 1. The van der Waals surface area contributed by atoms with Crippen molar-refractivity contribution in [1.29, 1.82) is 0 Å². The lowest BCUT2D eigenvalue weighted by Crippen LogP contribution is -2.31. The second-order valence-electron chi connectivity index (χ2n) is 3.83. The maximum atomic E-state index is 11.6. The van der Waals surface area contributed by atoms with Crippen LogP contribution >= 0.6 is 23.4 Å². The number of rotatable bonds is 4. The molecule has 2 amide bonds. The van der Waals surface area contributed by atoms with E-state index in [2.05, 4.69) is 5.32 Å². The second-order valence-corrected chi connectivity index (χ2v) is 5.26. The van der Waals surface area contributed by atoms with E-state index in [9.17, 15) is 9.59 Å². The molecule has 0 aliphatic rings. The van der Waals surface area contributed by atoms with Crippen LogP contribution in [0.4, 0.5) is 5.69 Å². The first-order chi connectivity index (χ1) is 9.56. The molecule has 0 aliphatic heterocycles. The maximum Gasteiger partial charge on any atom is 0.293 e. The highest BCUT2D eigenvalue weighted by Crippen LogP contribution is 2.28. The summed E-state index contributed by atoms with van der Waals surface area (Å²) >= 11 is 7.21. The van der Waals surface area contributed by atoms with Crippen LogP contribution in [-0.4, -0.2) is 17.6 Å². The van der Waals surface area contributed by atoms with Gasteiger partial charge in [0.1, 0.15) is 0 Å². The topological polar surface area (TPSA) is 85.3 Å². The number of carbonyl (C=O) groups is 2. The molecule has 0 atom stereocenters. The van der Waals surface area contributed by atoms with E-state index in [1.165, 1.54) is 24.1 Å². The van der Waals surface area contributed by atoms with Crippen molar-refractivity contribution in [2.45, 2.75) is 4.90 Å². The summed E-state index contributed by atoms with van der Waals surface area (Å²) in [6.07, 6.45) is 1.36. The van der Waals surface area contributed by atoms with Gasteiger partial charge < -0.3 is 10.2 Å². The van der Waals surface area contributed by atoms with Gasteiger partial charge in [-0.2, -0.15) is 0 Å². The van der Waals surface area contributed by atoms with Crippen LogP contribution in [0.15, 0.2) is 45.9 Å². The molecule has 2 rings (SSSR count). The van der Waals surface area contributed by atoms with E-state index < -0.39 is 11.8 Å². The normalized spacial score (nSPS) is 10.2. The molecule has 7 heteroatoms. The zero-order chi connectivity index (χ0) is 14.5. The molecule has 1 aromatic heterocycles. The summed E-state index contributed by atoms with van der Waals surface area (Å²) in [4.78, 5) is 23.9. The lowest BCUT2D eigenvalue weighted by molar-refractivity contribution is -0.117.